The Balaban J connectivity index is 0.00000361. The smallest absolute Gasteiger partial charge is 0.240 e. The van der Waals surface area contributed by atoms with Gasteiger partial charge in [-0.05, 0) is 44.2 Å². The molecular formula is C13H23ClN2O3S. The van der Waals surface area contributed by atoms with Gasteiger partial charge in [0.2, 0.25) is 10.0 Å². The number of aryl methyl sites for hydroxylation is 1. The third-order valence-electron chi connectivity index (χ3n) is 2.80. The number of halogens is 1. The molecule has 116 valence electrons. The van der Waals surface area contributed by atoms with Crippen molar-refractivity contribution in [1.82, 2.24) is 10.0 Å². The van der Waals surface area contributed by atoms with Gasteiger partial charge in [-0.3, -0.25) is 0 Å². The van der Waals surface area contributed by atoms with Crippen LogP contribution in [-0.4, -0.2) is 34.7 Å². The van der Waals surface area contributed by atoms with Crippen LogP contribution < -0.4 is 14.8 Å². The number of likely N-dealkylation sites (N-methyl/N-ethyl adjacent to an activating group) is 1. The average Bonchev–Trinajstić information content (AvgIpc) is 2.36. The minimum Gasteiger partial charge on any atom is -0.497 e. The van der Waals surface area contributed by atoms with Crippen molar-refractivity contribution < 1.29 is 13.2 Å². The second-order valence-corrected chi connectivity index (χ2v) is 6.18. The van der Waals surface area contributed by atoms with Crippen LogP contribution in [0.3, 0.4) is 0 Å². The molecule has 1 rings (SSSR count). The molecular weight excluding hydrogens is 300 g/mol. The maximum atomic E-state index is 12.2. The van der Waals surface area contributed by atoms with Gasteiger partial charge in [0.1, 0.15) is 5.75 Å². The van der Waals surface area contributed by atoms with Crippen molar-refractivity contribution in [2.45, 2.75) is 31.7 Å². The first-order valence-corrected chi connectivity index (χ1v) is 7.76. The van der Waals surface area contributed by atoms with E-state index < -0.39 is 10.0 Å². The second kappa shape index (κ2) is 8.46. The van der Waals surface area contributed by atoms with Crippen molar-refractivity contribution in [1.29, 1.82) is 0 Å². The maximum Gasteiger partial charge on any atom is 0.240 e. The summed E-state index contributed by atoms with van der Waals surface area (Å²) in [5.41, 5.74) is 0.669. The first kappa shape index (κ1) is 19.2. The number of rotatable bonds is 7. The Morgan fingerprint density at radius 3 is 2.50 bits per heavy atom. The summed E-state index contributed by atoms with van der Waals surface area (Å²) in [4.78, 5) is 0.289. The van der Waals surface area contributed by atoms with Gasteiger partial charge in [-0.1, -0.05) is 6.92 Å². The fourth-order valence-corrected chi connectivity index (χ4v) is 3.14. The highest BCUT2D eigenvalue weighted by molar-refractivity contribution is 7.89. The predicted octanol–water partition coefficient (Wildman–Crippen LogP) is 1.70. The molecule has 0 bridgehead atoms. The number of sulfonamides is 1. The Morgan fingerprint density at radius 1 is 1.35 bits per heavy atom. The summed E-state index contributed by atoms with van der Waals surface area (Å²) in [6, 6.07) is 5.02. The molecule has 0 aliphatic heterocycles. The molecule has 0 spiro atoms. The van der Waals surface area contributed by atoms with E-state index in [9.17, 15) is 8.42 Å². The van der Waals surface area contributed by atoms with E-state index in [1.165, 1.54) is 0 Å². The minimum atomic E-state index is -3.47. The molecule has 0 amide bonds. The van der Waals surface area contributed by atoms with Gasteiger partial charge in [-0.2, -0.15) is 0 Å². The number of methoxy groups -OCH3 is 1. The van der Waals surface area contributed by atoms with Crippen molar-refractivity contribution in [3.63, 3.8) is 0 Å². The lowest BCUT2D eigenvalue weighted by Gasteiger charge is -2.15. The normalized spacial score (nSPS) is 12.6. The third-order valence-corrected chi connectivity index (χ3v) is 4.39. The molecule has 0 aliphatic carbocycles. The fraction of sp³-hybridized carbons (Fsp3) is 0.538. The van der Waals surface area contributed by atoms with E-state index in [0.29, 0.717) is 17.9 Å². The van der Waals surface area contributed by atoms with E-state index in [-0.39, 0.29) is 23.3 Å². The highest BCUT2D eigenvalue weighted by Gasteiger charge is 2.17. The summed E-state index contributed by atoms with van der Waals surface area (Å²) >= 11 is 0. The number of hydrogen-bond donors (Lipinski definition) is 2. The zero-order valence-electron chi connectivity index (χ0n) is 12.3. The molecule has 20 heavy (non-hydrogen) atoms. The molecule has 1 atom stereocenters. The van der Waals surface area contributed by atoms with Crippen LogP contribution in [0.1, 0.15) is 19.4 Å². The van der Waals surface area contributed by atoms with Gasteiger partial charge in [-0.25, -0.2) is 13.1 Å². The maximum absolute atomic E-state index is 12.2. The molecule has 1 aromatic rings. The summed E-state index contributed by atoms with van der Waals surface area (Å²) in [5, 5.41) is 3.16. The monoisotopic (exact) mass is 322 g/mol. The van der Waals surface area contributed by atoms with Gasteiger partial charge in [-0.15, -0.1) is 12.4 Å². The number of benzene rings is 1. The van der Waals surface area contributed by atoms with Crippen molar-refractivity contribution in [2.75, 3.05) is 20.2 Å². The van der Waals surface area contributed by atoms with Crippen molar-refractivity contribution in [3.05, 3.63) is 23.8 Å². The number of ether oxygens (including phenoxy) is 1. The zero-order chi connectivity index (χ0) is 14.5. The van der Waals surface area contributed by atoms with E-state index in [1.807, 2.05) is 13.8 Å². The lowest BCUT2D eigenvalue weighted by atomic mass is 10.2. The Labute approximate surface area is 127 Å². The van der Waals surface area contributed by atoms with Crippen molar-refractivity contribution in [3.8, 4) is 5.75 Å². The fourth-order valence-electron chi connectivity index (χ4n) is 1.78. The Bertz CT molecular complexity index is 520. The van der Waals surface area contributed by atoms with Gasteiger partial charge >= 0.3 is 0 Å². The summed E-state index contributed by atoms with van der Waals surface area (Å²) in [5.74, 6) is 0.650. The summed E-state index contributed by atoms with van der Waals surface area (Å²) < 4.78 is 32.0. The topological polar surface area (TPSA) is 67.4 Å². The van der Waals surface area contributed by atoms with Crippen LogP contribution in [0.2, 0.25) is 0 Å². The van der Waals surface area contributed by atoms with E-state index in [1.54, 1.807) is 32.2 Å². The largest absolute Gasteiger partial charge is 0.497 e. The van der Waals surface area contributed by atoms with E-state index in [0.717, 1.165) is 6.54 Å². The highest BCUT2D eigenvalue weighted by atomic mass is 35.5. The molecule has 0 unspecified atom stereocenters. The van der Waals surface area contributed by atoms with Gasteiger partial charge in [0.25, 0.3) is 0 Å². The second-order valence-electron chi connectivity index (χ2n) is 4.44. The van der Waals surface area contributed by atoms with Crippen LogP contribution in [0.25, 0.3) is 0 Å². The minimum absolute atomic E-state index is 0. The van der Waals surface area contributed by atoms with Crippen LogP contribution in [-0.2, 0) is 10.0 Å². The SMILES string of the molecule is CCN[C@H](C)CNS(=O)(=O)c1ccc(OC)cc1C.Cl. The van der Waals surface area contributed by atoms with Crippen molar-refractivity contribution >= 4 is 22.4 Å². The first-order valence-electron chi connectivity index (χ1n) is 6.28. The van der Waals surface area contributed by atoms with Crippen LogP contribution >= 0.6 is 12.4 Å². The van der Waals surface area contributed by atoms with E-state index in [2.05, 4.69) is 10.0 Å². The van der Waals surface area contributed by atoms with Gasteiger partial charge < -0.3 is 10.1 Å². The van der Waals surface area contributed by atoms with Gasteiger partial charge in [0.05, 0.1) is 12.0 Å². The molecule has 2 N–H and O–H groups in total. The Morgan fingerprint density at radius 2 is 2.00 bits per heavy atom. The van der Waals surface area contributed by atoms with Gasteiger partial charge in [0, 0.05) is 12.6 Å². The van der Waals surface area contributed by atoms with Crippen molar-refractivity contribution in [2.24, 2.45) is 0 Å². The summed E-state index contributed by atoms with van der Waals surface area (Å²) in [7, 11) is -1.92. The summed E-state index contributed by atoms with van der Waals surface area (Å²) in [6.45, 7) is 6.85. The van der Waals surface area contributed by atoms with Crippen LogP contribution in [0.5, 0.6) is 5.75 Å². The molecule has 1 aromatic carbocycles. The lowest BCUT2D eigenvalue weighted by Crippen LogP contribution is -2.38. The van der Waals surface area contributed by atoms with Crippen LogP contribution in [0.4, 0.5) is 0 Å². The molecule has 0 radical (unpaired) electrons. The molecule has 5 nitrogen and oxygen atoms in total. The average molecular weight is 323 g/mol. The molecule has 0 saturated heterocycles. The Hall–Kier alpha value is -0.820. The van der Waals surface area contributed by atoms with Crippen LogP contribution in [0, 0.1) is 6.92 Å². The molecule has 0 aliphatic rings. The quantitative estimate of drug-likeness (QED) is 0.802. The number of hydrogen-bond acceptors (Lipinski definition) is 4. The third kappa shape index (κ3) is 5.28. The predicted molar refractivity (Wildman–Crippen MR) is 83.3 cm³/mol. The van der Waals surface area contributed by atoms with Gasteiger partial charge in [0.15, 0.2) is 0 Å². The lowest BCUT2D eigenvalue weighted by molar-refractivity contribution is 0.414. The standard InChI is InChI=1S/C13H22N2O3S.ClH/c1-5-14-11(3)9-15-19(16,17)13-7-6-12(18-4)8-10(13)2;/h6-8,11,14-15H,5,9H2,1-4H3;1H/t11-;/m1./s1. The molecule has 0 aromatic heterocycles. The highest BCUT2D eigenvalue weighted by Crippen LogP contribution is 2.20. The zero-order valence-corrected chi connectivity index (χ0v) is 13.9. The molecule has 0 saturated carbocycles. The van der Waals surface area contributed by atoms with E-state index >= 15 is 0 Å². The molecule has 0 heterocycles. The van der Waals surface area contributed by atoms with Crippen LogP contribution in [0.15, 0.2) is 23.1 Å². The van der Waals surface area contributed by atoms with E-state index in [4.69, 9.17) is 4.74 Å². The number of nitrogens with one attached hydrogen (secondary N) is 2. The molecule has 0 fully saturated rings. The Kier molecular flexibility index (Phi) is 8.12. The molecule has 7 heteroatoms. The summed E-state index contributed by atoms with van der Waals surface area (Å²) in [6.07, 6.45) is 0. The first-order chi connectivity index (χ1) is 8.90.